The highest BCUT2D eigenvalue weighted by Gasteiger charge is 2.15. The summed E-state index contributed by atoms with van der Waals surface area (Å²) in [5.41, 5.74) is 1.02. The van der Waals surface area contributed by atoms with Gasteiger partial charge in [-0.2, -0.15) is 0 Å². The number of aromatic nitrogens is 2. The van der Waals surface area contributed by atoms with Crippen LogP contribution in [-0.4, -0.2) is 15.8 Å². The maximum atomic E-state index is 12.1. The van der Waals surface area contributed by atoms with E-state index in [9.17, 15) is 4.79 Å². The van der Waals surface area contributed by atoms with Crippen molar-refractivity contribution in [2.45, 2.75) is 0 Å². The van der Waals surface area contributed by atoms with Crippen molar-refractivity contribution in [1.82, 2.24) is 9.97 Å². The van der Waals surface area contributed by atoms with E-state index < -0.39 is 0 Å². The van der Waals surface area contributed by atoms with Crippen LogP contribution in [0.15, 0.2) is 47.4 Å². The minimum Gasteiger partial charge on any atom is -0.453 e. The van der Waals surface area contributed by atoms with Crippen molar-refractivity contribution < 1.29 is 9.21 Å². The van der Waals surface area contributed by atoms with Gasteiger partial charge in [-0.1, -0.05) is 11.6 Å². The first-order chi connectivity index (χ1) is 8.74. The Balaban J connectivity index is 2.07. The van der Waals surface area contributed by atoms with E-state index in [0.717, 1.165) is 5.39 Å². The van der Waals surface area contributed by atoms with Gasteiger partial charge in [0.25, 0.3) is 0 Å². The number of hydrogen-bond acceptors (Lipinski definition) is 4. The van der Waals surface area contributed by atoms with Gasteiger partial charge in [0.1, 0.15) is 11.9 Å². The highest BCUT2D eigenvalue weighted by atomic mass is 35.5. The van der Waals surface area contributed by atoms with Crippen LogP contribution in [0.2, 0.25) is 5.02 Å². The van der Waals surface area contributed by atoms with Gasteiger partial charge in [-0.05, 0) is 24.3 Å². The molecular formula is C13H7ClN2O2. The van der Waals surface area contributed by atoms with Crippen LogP contribution in [-0.2, 0) is 0 Å². The zero-order valence-electron chi connectivity index (χ0n) is 9.13. The molecule has 0 aliphatic carbocycles. The van der Waals surface area contributed by atoms with Gasteiger partial charge < -0.3 is 4.42 Å². The van der Waals surface area contributed by atoms with Gasteiger partial charge in [0, 0.05) is 22.8 Å². The maximum absolute atomic E-state index is 12.1. The predicted octanol–water partition coefficient (Wildman–Crippen LogP) is 3.11. The Kier molecular flexibility index (Phi) is 2.57. The molecule has 0 aliphatic heterocycles. The van der Waals surface area contributed by atoms with Crippen LogP contribution in [0.1, 0.15) is 16.1 Å². The molecule has 0 atom stereocenters. The topological polar surface area (TPSA) is 56.0 Å². The van der Waals surface area contributed by atoms with E-state index in [4.69, 9.17) is 16.0 Å². The lowest BCUT2D eigenvalue weighted by molar-refractivity contribution is 0.101. The lowest BCUT2D eigenvalue weighted by Crippen LogP contribution is -2.00. The number of furan rings is 1. The lowest BCUT2D eigenvalue weighted by atomic mass is 10.1. The molecule has 0 saturated carbocycles. The number of fused-ring (bicyclic) bond motifs is 1. The molecule has 0 amide bonds. The second-order valence-corrected chi connectivity index (χ2v) is 4.19. The smallest absolute Gasteiger partial charge is 0.231 e. The van der Waals surface area contributed by atoms with Crippen LogP contribution in [0.4, 0.5) is 0 Å². The molecule has 2 heterocycles. The summed E-state index contributed by atoms with van der Waals surface area (Å²) in [6, 6.07) is 6.86. The molecule has 88 valence electrons. The van der Waals surface area contributed by atoms with Gasteiger partial charge in [-0.25, -0.2) is 9.97 Å². The van der Waals surface area contributed by atoms with Gasteiger partial charge in [0.2, 0.25) is 5.78 Å². The van der Waals surface area contributed by atoms with Crippen molar-refractivity contribution >= 4 is 28.4 Å². The molecule has 0 aliphatic rings. The van der Waals surface area contributed by atoms with E-state index in [1.807, 2.05) is 0 Å². The third-order valence-corrected chi connectivity index (χ3v) is 2.76. The molecule has 3 aromatic rings. The highest BCUT2D eigenvalue weighted by molar-refractivity contribution is 6.31. The van der Waals surface area contributed by atoms with Gasteiger partial charge in [-0.15, -0.1) is 0 Å². The first-order valence-electron chi connectivity index (χ1n) is 5.23. The molecule has 5 heteroatoms. The number of rotatable bonds is 2. The summed E-state index contributed by atoms with van der Waals surface area (Å²) in [5.74, 6) is 0.00462. The quantitative estimate of drug-likeness (QED) is 0.663. The third-order valence-electron chi connectivity index (χ3n) is 2.52. The second kappa shape index (κ2) is 4.23. The summed E-state index contributed by atoms with van der Waals surface area (Å²) in [5, 5.41) is 1.40. The Bertz CT molecular complexity index is 722. The van der Waals surface area contributed by atoms with Crippen molar-refractivity contribution in [3.05, 3.63) is 59.3 Å². The number of carbonyl (C=O) groups excluding carboxylic acids is 1. The van der Waals surface area contributed by atoms with Gasteiger partial charge in [0.15, 0.2) is 5.76 Å². The van der Waals surface area contributed by atoms with Crippen LogP contribution >= 0.6 is 11.6 Å². The average molecular weight is 259 g/mol. The van der Waals surface area contributed by atoms with E-state index in [1.165, 1.54) is 18.7 Å². The molecule has 0 bridgehead atoms. The largest absolute Gasteiger partial charge is 0.453 e. The molecule has 0 unspecified atom stereocenters. The van der Waals surface area contributed by atoms with E-state index >= 15 is 0 Å². The van der Waals surface area contributed by atoms with Crippen LogP contribution in [0.5, 0.6) is 0 Å². The molecular weight excluding hydrogens is 252 g/mol. The van der Waals surface area contributed by atoms with E-state index in [0.29, 0.717) is 16.2 Å². The molecule has 0 saturated heterocycles. The van der Waals surface area contributed by atoms with Crippen LogP contribution in [0.25, 0.3) is 11.0 Å². The molecule has 1 aromatic carbocycles. The average Bonchev–Trinajstić information content (AvgIpc) is 2.81. The van der Waals surface area contributed by atoms with Crippen molar-refractivity contribution in [1.29, 1.82) is 0 Å². The van der Waals surface area contributed by atoms with Crippen molar-refractivity contribution in [2.24, 2.45) is 0 Å². The Morgan fingerprint density at radius 2 is 1.94 bits per heavy atom. The number of carbonyl (C=O) groups is 1. The number of nitrogens with zero attached hydrogens (tertiary/aromatic N) is 2. The number of ketones is 1. The van der Waals surface area contributed by atoms with E-state index in [-0.39, 0.29) is 11.5 Å². The minimum atomic E-state index is -0.247. The number of hydrogen-bond donors (Lipinski definition) is 0. The van der Waals surface area contributed by atoms with Crippen LogP contribution in [0.3, 0.4) is 0 Å². The zero-order chi connectivity index (χ0) is 12.5. The van der Waals surface area contributed by atoms with Crippen molar-refractivity contribution in [3.8, 4) is 0 Å². The summed E-state index contributed by atoms with van der Waals surface area (Å²) in [6.45, 7) is 0. The lowest BCUT2D eigenvalue weighted by Gasteiger charge is -1.94. The summed E-state index contributed by atoms with van der Waals surface area (Å²) in [6.07, 6.45) is 4.28. The second-order valence-electron chi connectivity index (χ2n) is 3.75. The first-order valence-corrected chi connectivity index (χ1v) is 5.60. The summed E-state index contributed by atoms with van der Waals surface area (Å²) >= 11 is 5.88. The van der Waals surface area contributed by atoms with Crippen molar-refractivity contribution in [2.75, 3.05) is 0 Å². The summed E-state index contributed by atoms with van der Waals surface area (Å²) in [7, 11) is 0. The minimum absolute atomic E-state index is 0.247. The molecule has 0 spiro atoms. The van der Waals surface area contributed by atoms with Gasteiger partial charge in [0.05, 0.1) is 5.56 Å². The predicted molar refractivity (Wildman–Crippen MR) is 66.7 cm³/mol. The normalized spacial score (nSPS) is 10.7. The van der Waals surface area contributed by atoms with Gasteiger partial charge >= 0.3 is 0 Å². The molecule has 0 fully saturated rings. The Morgan fingerprint density at radius 3 is 2.72 bits per heavy atom. The van der Waals surface area contributed by atoms with Crippen LogP contribution in [0, 0.1) is 0 Å². The van der Waals surface area contributed by atoms with E-state index in [1.54, 1.807) is 24.3 Å². The zero-order valence-corrected chi connectivity index (χ0v) is 9.89. The van der Waals surface area contributed by atoms with E-state index in [2.05, 4.69) is 9.97 Å². The highest BCUT2D eigenvalue weighted by Crippen LogP contribution is 2.24. The fourth-order valence-corrected chi connectivity index (χ4v) is 1.87. The molecule has 3 rings (SSSR count). The Hall–Kier alpha value is -2.20. The molecule has 0 N–H and O–H groups in total. The first kappa shape index (κ1) is 10.9. The van der Waals surface area contributed by atoms with Crippen molar-refractivity contribution in [3.63, 3.8) is 0 Å². The van der Waals surface area contributed by atoms with Gasteiger partial charge in [-0.3, -0.25) is 4.79 Å². The monoisotopic (exact) mass is 258 g/mol. The summed E-state index contributed by atoms with van der Waals surface area (Å²) in [4.78, 5) is 19.7. The Labute approximate surface area is 107 Å². The Morgan fingerprint density at radius 1 is 1.17 bits per heavy atom. The fourth-order valence-electron chi connectivity index (χ4n) is 1.68. The molecule has 18 heavy (non-hydrogen) atoms. The number of halogens is 1. The standard InChI is InChI=1S/C13H7ClN2O2/c14-10-1-2-11-8(3-10)4-12(18-11)13(17)9-5-15-7-16-6-9/h1-7H. The summed E-state index contributed by atoms with van der Waals surface area (Å²) < 4.78 is 5.48. The maximum Gasteiger partial charge on any atom is 0.231 e. The number of benzene rings is 1. The fraction of sp³-hybridized carbons (Fsp3) is 0. The molecule has 2 aromatic heterocycles. The SMILES string of the molecule is O=C(c1cncnc1)c1cc2cc(Cl)ccc2o1. The third kappa shape index (κ3) is 1.87. The molecule has 0 radical (unpaired) electrons. The van der Waals surface area contributed by atoms with Crippen LogP contribution < -0.4 is 0 Å². The molecule has 4 nitrogen and oxygen atoms in total.